The predicted molar refractivity (Wildman–Crippen MR) is 110 cm³/mol. The Morgan fingerprint density at radius 2 is 2.07 bits per heavy atom. The number of amides is 3. The van der Waals surface area contributed by atoms with E-state index in [1.807, 2.05) is 20.8 Å². The van der Waals surface area contributed by atoms with Gasteiger partial charge in [0.25, 0.3) is 0 Å². The van der Waals surface area contributed by atoms with Crippen LogP contribution in [0.1, 0.15) is 51.5 Å². The first-order valence-corrected chi connectivity index (χ1v) is 10.9. The number of aryl methyl sites for hydroxylation is 1. The summed E-state index contributed by atoms with van der Waals surface area (Å²) in [5.74, 6) is 0.367. The van der Waals surface area contributed by atoms with Crippen LogP contribution < -0.4 is 10.6 Å². The van der Waals surface area contributed by atoms with Crippen molar-refractivity contribution in [2.75, 3.05) is 0 Å². The Morgan fingerprint density at radius 1 is 1.33 bits per heavy atom. The molecule has 0 saturated heterocycles. The first kappa shape index (κ1) is 20.1. The number of thioether (sulfide) groups is 1. The molecule has 2 atom stereocenters. The zero-order valence-corrected chi connectivity index (χ0v) is 18.0. The first-order valence-electron chi connectivity index (χ1n) is 9.19. The van der Waals surface area contributed by atoms with Crippen LogP contribution >= 0.6 is 23.1 Å². The molecule has 1 aliphatic carbocycles. The zero-order chi connectivity index (χ0) is 19.8. The van der Waals surface area contributed by atoms with Crippen LogP contribution in [0.15, 0.2) is 11.4 Å². The lowest BCUT2D eigenvalue weighted by molar-refractivity contribution is -0.119. The van der Waals surface area contributed by atoms with Gasteiger partial charge in [0.1, 0.15) is 16.2 Å². The second-order valence-corrected chi connectivity index (χ2v) is 10.6. The average molecular weight is 407 g/mol. The van der Waals surface area contributed by atoms with Gasteiger partial charge in [-0.05, 0) is 58.4 Å². The van der Waals surface area contributed by atoms with Crippen molar-refractivity contribution < 1.29 is 9.59 Å². The van der Waals surface area contributed by atoms with Crippen molar-refractivity contribution in [1.82, 2.24) is 20.6 Å². The van der Waals surface area contributed by atoms with E-state index in [1.54, 1.807) is 24.6 Å². The van der Waals surface area contributed by atoms with E-state index in [1.165, 1.54) is 28.6 Å². The van der Waals surface area contributed by atoms with E-state index >= 15 is 0 Å². The van der Waals surface area contributed by atoms with E-state index in [9.17, 15) is 9.59 Å². The summed E-state index contributed by atoms with van der Waals surface area (Å²) >= 11 is 3.12. The van der Waals surface area contributed by atoms with Crippen LogP contribution in [-0.2, 0) is 17.6 Å². The number of hydrogen-bond acceptors (Lipinski definition) is 6. The van der Waals surface area contributed by atoms with Gasteiger partial charge in [0.05, 0.1) is 5.25 Å². The summed E-state index contributed by atoms with van der Waals surface area (Å²) in [6, 6.07) is -0.477. The monoisotopic (exact) mass is 406 g/mol. The molecule has 1 aliphatic rings. The van der Waals surface area contributed by atoms with E-state index in [0.717, 1.165) is 28.1 Å². The van der Waals surface area contributed by atoms with E-state index in [2.05, 4.69) is 27.5 Å². The van der Waals surface area contributed by atoms with Gasteiger partial charge >= 0.3 is 6.03 Å². The molecule has 0 aliphatic heterocycles. The van der Waals surface area contributed by atoms with Gasteiger partial charge in [-0.3, -0.25) is 10.1 Å². The summed E-state index contributed by atoms with van der Waals surface area (Å²) < 4.78 is 0. The summed E-state index contributed by atoms with van der Waals surface area (Å²) in [5.41, 5.74) is 0.946. The molecule has 0 aromatic carbocycles. The highest BCUT2D eigenvalue weighted by Gasteiger charge is 2.26. The number of nitrogens with zero attached hydrogens (tertiary/aromatic N) is 2. The SMILES string of the molecule is C[C@H]1CCc2c(sc3ncnc(S[C@H](C)C(=O)NC(=O)NC(C)(C)C)c23)C1. The molecule has 6 nitrogen and oxygen atoms in total. The van der Waals surface area contributed by atoms with Gasteiger partial charge in [0, 0.05) is 15.8 Å². The third-order valence-corrected chi connectivity index (χ3v) is 6.70. The summed E-state index contributed by atoms with van der Waals surface area (Å²) in [7, 11) is 0. The van der Waals surface area contributed by atoms with Gasteiger partial charge in [0.2, 0.25) is 5.91 Å². The van der Waals surface area contributed by atoms with Crippen molar-refractivity contribution in [3.8, 4) is 0 Å². The quantitative estimate of drug-likeness (QED) is 0.596. The van der Waals surface area contributed by atoms with Crippen LogP contribution in [0.3, 0.4) is 0 Å². The van der Waals surface area contributed by atoms with Gasteiger partial charge < -0.3 is 5.32 Å². The number of rotatable bonds is 3. The Hall–Kier alpha value is -1.67. The third-order valence-electron chi connectivity index (χ3n) is 4.44. The van der Waals surface area contributed by atoms with Gasteiger partial charge in [-0.1, -0.05) is 18.7 Å². The maximum Gasteiger partial charge on any atom is 0.321 e. The predicted octanol–water partition coefficient (Wildman–Crippen LogP) is 3.92. The van der Waals surface area contributed by atoms with Crippen LogP contribution in [0.5, 0.6) is 0 Å². The third kappa shape index (κ3) is 4.79. The largest absolute Gasteiger partial charge is 0.333 e. The lowest BCUT2D eigenvalue weighted by Gasteiger charge is -2.21. The summed E-state index contributed by atoms with van der Waals surface area (Å²) in [6.45, 7) is 9.68. The van der Waals surface area contributed by atoms with Crippen LogP contribution in [0, 0.1) is 5.92 Å². The fraction of sp³-hybridized carbons (Fsp3) is 0.579. The average Bonchev–Trinajstić information content (AvgIpc) is 2.91. The van der Waals surface area contributed by atoms with Crippen molar-refractivity contribution >= 4 is 45.3 Å². The Balaban J connectivity index is 1.76. The Labute approximate surface area is 167 Å². The van der Waals surface area contributed by atoms with E-state index in [-0.39, 0.29) is 5.91 Å². The lowest BCUT2D eigenvalue weighted by atomic mass is 9.89. The highest BCUT2D eigenvalue weighted by molar-refractivity contribution is 8.00. The number of urea groups is 1. The molecule has 0 fully saturated rings. The van der Waals surface area contributed by atoms with E-state index in [4.69, 9.17) is 0 Å². The van der Waals surface area contributed by atoms with Crippen molar-refractivity contribution in [3.63, 3.8) is 0 Å². The van der Waals surface area contributed by atoms with Crippen molar-refractivity contribution in [2.24, 2.45) is 5.92 Å². The van der Waals surface area contributed by atoms with Crippen molar-refractivity contribution in [3.05, 3.63) is 16.8 Å². The number of thiophene rings is 1. The number of aromatic nitrogens is 2. The van der Waals surface area contributed by atoms with E-state index < -0.39 is 16.8 Å². The smallest absolute Gasteiger partial charge is 0.321 e. The molecule has 2 N–H and O–H groups in total. The van der Waals surface area contributed by atoms with Crippen LogP contribution in [0.2, 0.25) is 0 Å². The number of hydrogen-bond donors (Lipinski definition) is 2. The van der Waals surface area contributed by atoms with Crippen molar-refractivity contribution in [2.45, 2.75) is 69.7 Å². The van der Waals surface area contributed by atoms with Gasteiger partial charge in [-0.2, -0.15) is 0 Å². The Kier molecular flexibility index (Phi) is 5.76. The number of imide groups is 1. The zero-order valence-electron chi connectivity index (χ0n) is 16.4. The number of carbonyl (C=O) groups excluding carboxylic acids is 2. The molecule has 27 heavy (non-hydrogen) atoms. The molecule has 2 aromatic rings. The molecule has 0 spiro atoms. The Bertz CT molecular complexity index is 872. The highest BCUT2D eigenvalue weighted by Crippen LogP contribution is 2.41. The molecule has 0 saturated carbocycles. The minimum Gasteiger partial charge on any atom is -0.333 e. The molecular formula is C19H26N4O2S2. The Morgan fingerprint density at radius 3 is 2.78 bits per heavy atom. The summed E-state index contributed by atoms with van der Waals surface area (Å²) in [5, 5.41) is 6.63. The molecule has 2 heterocycles. The minimum atomic E-state index is -0.477. The van der Waals surface area contributed by atoms with Gasteiger partial charge in [-0.25, -0.2) is 14.8 Å². The molecule has 0 radical (unpaired) electrons. The fourth-order valence-corrected chi connectivity index (χ4v) is 5.50. The van der Waals surface area contributed by atoms with Crippen LogP contribution in [-0.4, -0.2) is 32.7 Å². The molecule has 2 aromatic heterocycles. The maximum absolute atomic E-state index is 12.4. The molecule has 0 bridgehead atoms. The first-order chi connectivity index (χ1) is 12.6. The maximum atomic E-state index is 12.4. The van der Waals surface area contributed by atoms with Crippen LogP contribution in [0.25, 0.3) is 10.2 Å². The molecule has 8 heteroatoms. The van der Waals surface area contributed by atoms with Gasteiger partial charge in [0.15, 0.2) is 0 Å². The molecule has 3 amide bonds. The molecule has 0 unspecified atom stereocenters. The minimum absolute atomic E-state index is 0.328. The van der Waals surface area contributed by atoms with Gasteiger partial charge in [-0.15, -0.1) is 11.3 Å². The standard InChI is InChI=1S/C19H26N4O2S2/c1-10-6-7-12-13(8-10)27-17-14(12)16(20-9-21-17)26-11(2)15(24)22-18(25)23-19(3,4)5/h9-11H,6-8H2,1-5H3,(H2,22,23,24,25)/t10-,11+/m0/s1. The second kappa shape index (κ2) is 7.75. The number of nitrogens with one attached hydrogen (secondary N) is 2. The number of fused-ring (bicyclic) bond motifs is 3. The van der Waals surface area contributed by atoms with E-state index in [0.29, 0.717) is 5.92 Å². The highest BCUT2D eigenvalue weighted by atomic mass is 32.2. The van der Waals surface area contributed by atoms with Crippen LogP contribution in [0.4, 0.5) is 4.79 Å². The lowest BCUT2D eigenvalue weighted by Crippen LogP contribution is -2.49. The molecule has 146 valence electrons. The summed E-state index contributed by atoms with van der Waals surface area (Å²) in [6.07, 6.45) is 4.85. The summed E-state index contributed by atoms with van der Waals surface area (Å²) in [4.78, 5) is 35.6. The topological polar surface area (TPSA) is 84.0 Å². The second-order valence-electron chi connectivity index (χ2n) is 8.16. The fourth-order valence-electron chi connectivity index (χ4n) is 3.14. The van der Waals surface area contributed by atoms with Crippen molar-refractivity contribution in [1.29, 1.82) is 0 Å². The normalized spacial score (nSPS) is 18.0. The molecular weight excluding hydrogens is 380 g/mol. The number of carbonyl (C=O) groups is 2. The molecule has 3 rings (SSSR count).